The maximum Gasteiger partial charge on any atom is 0.254 e. The number of carbonyl (C=O) groups excluding carboxylic acids is 2. The number of fused-ring (bicyclic) bond motifs is 5. The standard InChI is InChI=1S/C30H31N3O4/c1-36-27-13-12-21-18-26-24(23-10-5-6-11-25(23)32-26)14-15-31-29(34)20-33(16-7-17-37-28(27)19-21)30(35)22-8-3-2-4-9-22/h2-6,8-13,19,32H,7,14-18,20H2,1H3,(H,31,34). The van der Waals surface area contributed by atoms with Crippen molar-refractivity contribution in [1.82, 2.24) is 15.2 Å². The second-order valence-corrected chi connectivity index (χ2v) is 9.18. The molecular weight excluding hydrogens is 466 g/mol. The molecule has 3 aromatic carbocycles. The number of H-pyrrole nitrogens is 1. The van der Waals surface area contributed by atoms with Crippen molar-refractivity contribution in [2.24, 2.45) is 0 Å². The Bertz CT molecular complexity index is 1400. The van der Waals surface area contributed by atoms with Gasteiger partial charge in [-0.25, -0.2) is 0 Å². The lowest BCUT2D eigenvalue weighted by Crippen LogP contribution is -2.42. The van der Waals surface area contributed by atoms with E-state index >= 15 is 0 Å². The predicted octanol–water partition coefficient (Wildman–Crippen LogP) is 4.35. The van der Waals surface area contributed by atoms with Crippen LogP contribution in [0, 0.1) is 0 Å². The van der Waals surface area contributed by atoms with E-state index in [2.05, 4.69) is 22.4 Å². The van der Waals surface area contributed by atoms with Crippen LogP contribution in [0.25, 0.3) is 10.9 Å². The van der Waals surface area contributed by atoms with Gasteiger partial charge in [-0.05, 0) is 54.3 Å². The zero-order chi connectivity index (χ0) is 25.6. The van der Waals surface area contributed by atoms with E-state index < -0.39 is 0 Å². The van der Waals surface area contributed by atoms with Gasteiger partial charge in [0.2, 0.25) is 5.91 Å². The van der Waals surface area contributed by atoms with Crippen LogP contribution < -0.4 is 14.8 Å². The molecule has 0 radical (unpaired) electrons. The van der Waals surface area contributed by atoms with Crippen molar-refractivity contribution in [3.63, 3.8) is 0 Å². The summed E-state index contributed by atoms with van der Waals surface area (Å²) in [6, 6.07) is 23.3. The fourth-order valence-electron chi connectivity index (χ4n) is 4.85. The predicted molar refractivity (Wildman–Crippen MR) is 143 cm³/mol. The molecule has 4 aromatic rings. The van der Waals surface area contributed by atoms with Gasteiger partial charge in [0.05, 0.1) is 20.3 Å². The van der Waals surface area contributed by atoms with Crippen LogP contribution in [0.2, 0.25) is 0 Å². The maximum absolute atomic E-state index is 13.2. The molecule has 1 aliphatic heterocycles. The third-order valence-electron chi connectivity index (χ3n) is 6.68. The summed E-state index contributed by atoms with van der Waals surface area (Å²) in [4.78, 5) is 31.2. The molecule has 37 heavy (non-hydrogen) atoms. The molecule has 0 atom stereocenters. The highest BCUT2D eigenvalue weighted by atomic mass is 16.5. The van der Waals surface area contributed by atoms with Crippen LogP contribution in [0.4, 0.5) is 0 Å². The molecular formula is C30H31N3O4. The number of carbonyl (C=O) groups is 2. The number of hydrogen-bond acceptors (Lipinski definition) is 4. The highest BCUT2D eigenvalue weighted by Gasteiger charge is 2.20. The van der Waals surface area contributed by atoms with E-state index in [1.165, 1.54) is 5.56 Å². The molecule has 0 saturated heterocycles. The van der Waals surface area contributed by atoms with E-state index in [4.69, 9.17) is 9.47 Å². The van der Waals surface area contributed by atoms with Crippen molar-refractivity contribution in [2.75, 3.05) is 33.4 Å². The van der Waals surface area contributed by atoms with E-state index in [0.29, 0.717) is 56.0 Å². The molecule has 0 spiro atoms. The summed E-state index contributed by atoms with van der Waals surface area (Å²) in [5.74, 6) is 0.989. The van der Waals surface area contributed by atoms with E-state index in [-0.39, 0.29) is 18.4 Å². The lowest BCUT2D eigenvalue weighted by Gasteiger charge is -2.23. The van der Waals surface area contributed by atoms with Gasteiger partial charge in [-0.2, -0.15) is 0 Å². The summed E-state index contributed by atoms with van der Waals surface area (Å²) < 4.78 is 11.6. The quantitative estimate of drug-likeness (QED) is 0.431. The van der Waals surface area contributed by atoms with Crippen molar-refractivity contribution in [3.05, 3.63) is 95.2 Å². The van der Waals surface area contributed by atoms with Crippen molar-refractivity contribution in [1.29, 1.82) is 0 Å². The van der Waals surface area contributed by atoms with Crippen LogP contribution >= 0.6 is 0 Å². The van der Waals surface area contributed by atoms with Crippen LogP contribution in [-0.4, -0.2) is 55.0 Å². The normalized spacial score (nSPS) is 14.9. The van der Waals surface area contributed by atoms with Crippen molar-refractivity contribution in [2.45, 2.75) is 19.3 Å². The Hall–Kier alpha value is -4.26. The first-order chi connectivity index (χ1) is 18.1. The number of amides is 2. The molecule has 0 aliphatic carbocycles. The molecule has 0 saturated carbocycles. The number of nitrogens with zero attached hydrogens (tertiary/aromatic N) is 1. The zero-order valence-electron chi connectivity index (χ0n) is 21.0. The van der Waals surface area contributed by atoms with Gasteiger partial charge in [0.25, 0.3) is 5.91 Å². The largest absolute Gasteiger partial charge is 0.493 e. The van der Waals surface area contributed by atoms with Crippen molar-refractivity contribution in [3.8, 4) is 11.5 Å². The molecule has 5 rings (SSSR count). The summed E-state index contributed by atoms with van der Waals surface area (Å²) in [5.41, 5.74) is 5.02. The van der Waals surface area contributed by atoms with Gasteiger partial charge in [-0.3, -0.25) is 9.59 Å². The third kappa shape index (κ3) is 5.61. The number of rotatable bonds is 2. The second-order valence-electron chi connectivity index (χ2n) is 9.18. The average molecular weight is 498 g/mol. The van der Waals surface area contributed by atoms with E-state index in [1.54, 1.807) is 24.1 Å². The SMILES string of the molecule is COc1ccc2cc1OCCCN(C(=O)c1ccccc1)CC(=O)NCCc1c([nH]c3ccccc13)C2. The number of ether oxygens (including phenoxy) is 2. The van der Waals surface area contributed by atoms with Gasteiger partial charge in [0.15, 0.2) is 11.5 Å². The summed E-state index contributed by atoms with van der Waals surface area (Å²) in [6.45, 7) is 1.26. The molecule has 1 aromatic heterocycles. The lowest BCUT2D eigenvalue weighted by molar-refractivity contribution is -0.121. The van der Waals surface area contributed by atoms with Gasteiger partial charge in [0.1, 0.15) is 0 Å². The minimum atomic E-state index is -0.175. The maximum atomic E-state index is 13.2. The summed E-state index contributed by atoms with van der Waals surface area (Å²) in [6.07, 6.45) is 1.96. The molecule has 7 nitrogen and oxygen atoms in total. The van der Waals surface area contributed by atoms with Gasteiger partial charge < -0.3 is 24.7 Å². The summed E-state index contributed by atoms with van der Waals surface area (Å²) >= 11 is 0. The van der Waals surface area contributed by atoms with E-state index in [0.717, 1.165) is 22.2 Å². The minimum absolute atomic E-state index is 0.00667. The summed E-state index contributed by atoms with van der Waals surface area (Å²) in [7, 11) is 1.63. The van der Waals surface area contributed by atoms with E-state index in [1.807, 2.05) is 48.5 Å². The Balaban J connectivity index is 1.45. The molecule has 2 heterocycles. The highest BCUT2D eigenvalue weighted by molar-refractivity contribution is 5.96. The number of nitrogens with one attached hydrogen (secondary N) is 2. The number of aromatic amines is 1. The number of hydrogen-bond donors (Lipinski definition) is 2. The fraction of sp³-hybridized carbons (Fsp3) is 0.267. The molecule has 2 amide bonds. The molecule has 0 unspecified atom stereocenters. The van der Waals surface area contributed by atoms with Crippen LogP contribution in [0.5, 0.6) is 11.5 Å². The lowest BCUT2D eigenvalue weighted by atomic mass is 10.0. The minimum Gasteiger partial charge on any atom is -0.493 e. The third-order valence-corrected chi connectivity index (χ3v) is 6.68. The van der Waals surface area contributed by atoms with Gasteiger partial charge in [-0.1, -0.05) is 42.5 Å². The van der Waals surface area contributed by atoms with Crippen LogP contribution in [0.1, 0.15) is 33.6 Å². The Morgan fingerprint density at radius 3 is 2.68 bits per heavy atom. The summed E-state index contributed by atoms with van der Waals surface area (Å²) in [5, 5.41) is 4.17. The molecule has 1 aliphatic rings. The van der Waals surface area contributed by atoms with Gasteiger partial charge >= 0.3 is 0 Å². The monoisotopic (exact) mass is 497 g/mol. The number of methoxy groups -OCH3 is 1. The zero-order valence-corrected chi connectivity index (χ0v) is 21.0. The van der Waals surface area contributed by atoms with Crippen molar-refractivity contribution >= 4 is 22.7 Å². The highest BCUT2D eigenvalue weighted by Crippen LogP contribution is 2.31. The van der Waals surface area contributed by atoms with Crippen LogP contribution in [0.3, 0.4) is 0 Å². The van der Waals surface area contributed by atoms with Gasteiger partial charge in [-0.15, -0.1) is 0 Å². The molecule has 190 valence electrons. The van der Waals surface area contributed by atoms with E-state index in [9.17, 15) is 9.59 Å². The first-order valence-corrected chi connectivity index (χ1v) is 12.6. The molecule has 2 bridgehead atoms. The van der Waals surface area contributed by atoms with Crippen LogP contribution in [-0.2, 0) is 17.6 Å². The van der Waals surface area contributed by atoms with Gasteiger partial charge in [0, 0.05) is 41.7 Å². The van der Waals surface area contributed by atoms with Crippen molar-refractivity contribution < 1.29 is 19.1 Å². The Labute approximate surface area is 216 Å². The average Bonchev–Trinajstić information content (AvgIpc) is 3.27. The molecule has 7 heteroatoms. The number of para-hydroxylation sites is 1. The Kier molecular flexibility index (Phi) is 7.40. The number of benzene rings is 3. The topological polar surface area (TPSA) is 83.7 Å². The fourth-order valence-corrected chi connectivity index (χ4v) is 4.85. The Morgan fingerprint density at radius 2 is 1.84 bits per heavy atom. The first kappa shape index (κ1) is 24.4. The first-order valence-electron chi connectivity index (χ1n) is 12.6. The van der Waals surface area contributed by atoms with Crippen LogP contribution in [0.15, 0.2) is 72.8 Å². The number of aromatic nitrogens is 1. The smallest absolute Gasteiger partial charge is 0.254 e. The molecule has 0 fully saturated rings. The second kappa shape index (κ2) is 11.2. The molecule has 2 N–H and O–H groups in total. The Morgan fingerprint density at radius 1 is 1.03 bits per heavy atom.